The van der Waals surface area contributed by atoms with E-state index in [4.69, 9.17) is 0 Å². The molecule has 0 aliphatic carbocycles. The summed E-state index contributed by atoms with van der Waals surface area (Å²) < 4.78 is 1.74. The molecule has 3 rings (SSSR count). The molecule has 3 nitrogen and oxygen atoms in total. The average molecular weight is 284 g/mol. The molecule has 0 saturated heterocycles. The van der Waals surface area contributed by atoms with Gasteiger partial charge in [-0.15, -0.1) is 11.3 Å². The zero-order chi connectivity index (χ0) is 14.1. The first-order valence-corrected chi connectivity index (χ1v) is 7.64. The number of aromatic nitrogens is 2. The lowest BCUT2D eigenvalue weighted by molar-refractivity contribution is 0.511. The molecule has 20 heavy (non-hydrogen) atoms. The van der Waals surface area contributed by atoms with Crippen molar-refractivity contribution in [2.75, 3.05) is 0 Å². The van der Waals surface area contributed by atoms with Gasteiger partial charge in [-0.05, 0) is 18.9 Å². The molecular formula is C16H16N2OS. The predicted molar refractivity (Wildman–Crippen MR) is 84.3 cm³/mol. The second-order valence-corrected chi connectivity index (χ2v) is 5.77. The number of nitrogens with zero attached hydrogens (tertiary/aromatic N) is 2. The molecule has 0 fully saturated rings. The Morgan fingerprint density at radius 1 is 1.30 bits per heavy atom. The van der Waals surface area contributed by atoms with E-state index >= 15 is 0 Å². The van der Waals surface area contributed by atoms with Crippen molar-refractivity contribution in [2.45, 2.75) is 26.3 Å². The number of benzene rings is 1. The quantitative estimate of drug-likeness (QED) is 0.726. The number of thiophene rings is 1. The first kappa shape index (κ1) is 13.1. The zero-order valence-corrected chi connectivity index (χ0v) is 12.4. The lowest BCUT2D eigenvalue weighted by atomic mass is 10.1. The van der Waals surface area contributed by atoms with Crippen LogP contribution in [0.4, 0.5) is 0 Å². The third kappa shape index (κ3) is 2.06. The van der Waals surface area contributed by atoms with Crippen LogP contribution in [0.15, 0.2) is 46.8 Å². The van der Waals surface area contributed by atoms with E-state index in [1.165, 1.54) is 11.3 Å². The molecule has 3 aromatic rings. The van der Waals surface area contributed by atoms with Crippen molar-refractivity contribution in [1.82, 2.24) is 9.55 Å². The molecule has 2 aromatic heterocycles. The normalized spacial score (nSPS) is 12.7. The highest BCUT2D eigenvalue weighted by Crippen LogP contribution is 2.30. The summed E-state index contributed by atoms with van der Waals surface area (Å²) in [5, 5.41) is 2.76. The fraction of sp³-hybridized carbons (Fsp3) is 0.250. The zero-order valence-electron chi connectivity index (χ0n) is 11.5. The average Bonchev–Trinajstić information content (AvgIpc) is 2.92. The third-order valence-electron chi connectivity index (χ3n) is 3.67. The number of hydrogen-bond acceptors (Lipinski definition) is 3. The molecule has 1 aromatic carbocycles. The van der Waals surface area contributed by atoms with Crippen LogP contribution in [0, 0.1) is 0 Å². The van der Waals surface area contributed by atoms with Gasteiger partial charge >= 0.3 is 0 Å². The molecule has 0 amide bonds. The highest BCUT2D eigenvalue weighted by atomic mass is 32.1. The van der Waals surface area contributed by atoms with Gasteiger partial charge in [-0.1, -0.05) is 37.3 Å². The summed E-state index contributed by atoms with van der Waals surface area (Å²) in [5.41, 5.74) is 2.12. The maximum absolute atomic E-state index is 12.7. The molecule has 0 radical (unpaired) electrons. The van der Waals surface area contributed by atoms with Gasteiger partial charge in [0.1, 0.15) is 4.83 Å². The minimum Gasteiger partial charge on any atom is -0.296 e. The van der Waals surface area contributed by atoms with E-state index in [1.807, 2.05) is 42.6 Å². The van der Waals surface area contributed by atoms with Gasteiger partial charge in [0.05, 0.1) is 11.7 Å². The maximum Gasteiger partial charge on any atom is 0.262 e. The summed E-state index contributed by atoms with van der Waals surface area (Å²) in [7, 11) is 0. The molecule has 2 heterocycles. The van der Waals surface area contributed by atoms with Gasteiger partial charge < -0.3 is 0 Å². The lowest BCUT2D eigenvalue weighted by Gasteiger charge is -2.12. The minimum absolute atomic E-state index is 0.0597. The first-order chi connectivity index (χ1) is 9.72. The number of rotatable bonds is 3. The van der Waals surface area contributed by atoms with Gasteiger partial charge in [-0.25, -0.2) is 4.98 Å². The van der Waals surface area contributed by atoms with Crippen molar-refractivity contribution in [3.8, 4) is 11.1 Å². The van der Waals surface area contributed by atoms with Crippen molar-refractivity contribution < 1.29 is 0 Å². The van der Waals surface area contributed by atoms with E-state index in [2.05, 4.69) is 11.9 Å². The molecule has 0 aliphatic rings. The molecule has 102 valence electrons. The molecule has 0 aliphatic heterocycles. The topological polar surface area (TPSA) is 34.9 Å². The summed E-state index contributed by atoms with van der Waals surface area (Å²) in [4.78, 5) is 18.0. The fourth-order valence-corrected chi connectivity index (χ4v) is 3.19. The van der Waals surface area contributed by atoms with Crippen LogP contribution in [0.25, 0.3) is 21.3 Å². The second-order valence-electron chi connectivity index (χ2n) is 4.91. The van der Waals surface area contributed by atoms with Crippen molar-refractivity contribution in [3.05, 3.63) is 52.4 Å². The van der Waals surface area contributed by atoms with Gasteiger partial charge in [0.2, 0.25) is 0 Å². The second kappa shape index (κ2) is 5.21. The van der Waals surface area contributed by atoms with Crippen molar-refractivity contribution in [3.63, 3.8) is 0 Å². The lowest BCUT2D eigenvalue weighted by Crippen LogP contribution is -2.23. The van der Waals surface area contributed by atoms with Crippen LogP contribution < -0.4 is 5.56 Å². The van der Waals surface area contributed by atoms with Crippen LogP contribution >= 0.6 is 11.3 Å². The van der Waals surface area contributed by atoms with Gasteiger partial charge in [0.25, 0.3) is 5.56 Å². The Morgan fingerprint density at radius 2 is 2.05 bits per heavy atom. The summed E-state index contributed by atoms with van der Waals surface area (Å²) in [6.45, 7) is 4.12. The van der Waals surface area contributed by atoms with Crippen molar-refractivity contribution in [1.29, 1.82) is 0 Å². The Kier molecular flexibility index (Phi) is 3.40. The molecule has 0 bridgehead atoms. The third-order valence-corrected chi connectivity index (χ3v) is 4.56. The molecule has 0 saturated carbocycles. The maximum atomic E-state index is 12.7. The SMILES string of the molecule is CCC(C)n1cnc2scc(-c3ccccc3)c2c1=O. The van der Waals surface area contributed by atoms with E-state index in [0.29, 0.717) is 0 Å². The molecule has 0 spiro atoms. The van der Waals surface area contributed by atoms with E-state index in [9.17, 15) is 4.79 Å². The van der Waals surface area contributed by atoms with Crippen LogP contribution in [0.3, 0.4) is 0 Å². The summed E-state index contributed by atoms with van der Waals surface area (Å²) in [6.07, 6.45) is 2.59. The highest BCUT2D eigenvalue weighted by Gasteiger charge is 2.14. The molecular weight excluding hydrogens is 268 g/mol. The molecule has 4 heteroatoms. The van der Waals surface area contributed by atoms with Gasteiger partial charge in [-0.2, -0.15) is 0 Å². The monoisotopic (exact) mass is 284 g/mol. The Balaban J connectivity index is 2.28. The number of fused-ring (bicyclic) bond motifs is 1. The van der Waals surface area contributed by atoms with E-state index in [1.54, 1.807) is 10.9 Å². The molecule has 0 N–H and O–H groups in total. The number of hydrogen-bond donors (Lipinski definition) is 0. The Morgan fingerprint density at radius 3 is 2.75 bits per heavy atom. The van der Waals surface area contributed by atoms with Crippen LogP contribution in [-0.4, -0.2) is 9.55 Å². The van der Waals surface area contributed by atoms with Crippen LogP contribution in [0.5, 0.6) is 0 Å². The fourth-order valence-electron chi connectivity index (χ4n) is 2.29. The van der Waals surface area contributed by atoms with Crippen LogP contribution in [0.2, 0.25) is 0 Å². The van der Waals surface area contributed by atoms with Crippen molar-refractivity contribution in [2.24, 2.45) is 0 Å². The summed E-state index contributed by atoms with van der Waals surface area (Å²) in [6, 6.07) is 10.2. The van der Waals surface area contributed by atoms with Crippen LogP contribution in [-0.2, 0) is 0 Å². The Labute approximate surface area is 121 Å². The van der Waals surface area contributed by atoms with E-state index < -0.39 is 0 Å². The molecule has 1 unspecified atom stereocenters. The largest absolute Gasteiger partial charge is 0.296 e. The van der Waals surface area contributed by atoms with E-state index in [0.717, 1.165) is 27.8 Å². The summed E-state index contributed by atoms with van der Waals surface area (Å²) in [5.74, 6) is 0. The predicted octanol–water partition coefficient (Wildman–Crippen LogP) is 4.10. The van der Waals surface area contributed by atoms with Gasteiger partial charge in [0.15, 0.2) is 0 Å². The Bertz CT molecular complexity index is 789. The van der Waals surface area contributed by atoms with Gasteiger partial charge in [-0.3, -0.25) is 9.36 Å². The smallest absolute Gasteiger partial charge is 0.262 e. The van der Waals surface area contributed by atoms with Gasteiger partial charge in [0, 0.05) is 17.0 Å². The minimum atomic E-state index is 0.0597. The first-order valence-electron chi connectivity index (χ1n) is 6.76. The summed E-state index contributed by atoms with van der Waals surface area (Å²) >= 11 is 1.53. The van der Waals surface area contributed by atoms with Crippen LogP contribution in [0.1, 0.15) is 26.3 Å². The van der Waals surface area contributed by atoms with Crippen molar-refractivity contribution >= 4 is 21.6 Å². The Hall–Kier alpha value is -1.94. The standard InChI is InChI=1S/C16H16N2OS/c1-3-11(2)18-10-17-15-14(16(18)19)13(9-20-15)12-7-5-4-6-8-12/h4-11H,3H2,1-2H3. The highest BCUT2D eigenvalue weighted by molar-refractivity contribution is 7.17. The molecule has 1 atom stereocenters. The van der Waals surface area contributed by atoms with E-state index in [-0.39, 0.29) is 11.6 Å².